The lowest BCUT2D eigenvalue weighted by molar-refractivity contribution is -0.116. The van der Waals surface area contributed by atoms with Gasteiger partial charge in [-0.1, -0.05) is 42.5 Å². The lowest BCUT2D eigenvalue weighted by atomic mass is 10.0. The summed E-state index contributed by atoms with van der Waals surface area (Å²) < 4.78 is 0. The van der Waals surface area contributed by atoms with Crippen molar-refractivity contribution in [2.45, 2.75) is 20.3 Å². The first-order valence-corrected chi connectivity index (χ1v) is 7.36. The minimum Gasteiger partial charge on any atom is -0.289 e. The van der Waals surface area contributed by atoms with E-state index in [0.29, 0.717) is 18.7 Å². The Labute approximate surface area is 130 Å². The summed E-state index contributed by atoms with van der Waals surface area (Å²) in [5.41, 5.74) is 2.67. The van der Waals surface area contributed by atoms with Crippen molar-refractivity contribution in [1.82, 2.24) is 0 Å². The Morgan fingerprint density at radius 2 is 2.09 bits per heavy atom. The minimum atomic E-state index is -0.288. The maximum Gasteiger partial charge on any atom is 0.210 e. The normalized spacial score (nSPS) is 16.9. The zero-order chi connectivity index (χ0) is 15.9. The molecule has 0 saturated carbocycles. The summed E-state index contributed by atoms with van der Waals surface area (Å²) in [6, 6.07) is 7.79. The van der Waals surface area contributed by atoms with E-state index < -0.39 is 0 Å². The second-order valence-electron chi connectivity index (χ2n) is 5.02. The molecule has 1 aromatic carbocycles. The van der Waals surface area contributed by atoms with Gasteiger partial charge < -0.3 is 0 Å². The van der Waals surface area contributed by atoms with Crippen LogP contribution in [-0.4, -0.2) is 23.8 Å². The highest BCUT2D eigenvalue weighted by atomic mass is 16.1. The second-order valence-corrected chi connectivity index (χ2v) is 5.02. The van der Waals surface area contributed by atoms with Gasteiger partial charge in [0.25, 0.3) is 0 Å². The Morgan fingerprint density at radius 1 is 1.32 bits per heavy atom. The van der Waals surface area contributed by atoms with Crippen LogP contribution in [0.1, 0.15) is 24.5 Å². The van der Waals surface area contributed by atoms with Crippen LogP contribution < -0.4 is 0 Å². The number of rotatable bonds is 4. The van der Waals surface area contributed by atoms with E-state index in [1.54, 1.807) is 18.2 Å². The van der Waals surface area contributed by atoms with Gasteiger partial charge in [0.2, 0.25) is 5.78 Å². The van der Waals surface area contributed by atoms with Crippen LogP contribution in [0.4, 0.5) is 0 Å². The first-order valence-electron chi connectivity index (χ1n) is 7.36. The lowest BCUT2D eigenvalue weighted by Gasteiger charge is -2.03. The number of carbonyl (C=O) groups is 2. The Kier molecular flexibility index (Phi) is 5.37. The van der Waals surface area contributed by atoms with Gasteiger partial charge in [0.05, 0.1) is 11.3 Å². The number of hydrogen-bond donors (Lipinski definition) is 0. The number of benzene rings is 1. The molecule has 0 amide bonds. The van der Waals surface area contributed by atoms with E-state index in [-0.39, 0.29) is 17.1 Å². The molecule has 0 saturated heterocycles. The van der Waals surface area contributed by atoms with Crippen molar-refractivity contribution in [1.29, 1.82) is 0 Å². The van der Waals surface area contributed by atoms with Gasteiger partial charge in [-0.2, -0.15) is 0 Å². The smallest absolute Gasteiger partial charge is 0.210 e. The standard InChI is InChI=1S/C19H19NO2/c1-3-20-17-11-7-6-10-16(19(17)22)18(21)13-12-15-9-5-4-8-14(15)2/h4-10,12-13H,3,11H2,1-2H3/b13-12+,20-17?. The van der Waals surface area contributed by atoms with Crippen molar-refractivity contribution in [3.63, 3.8) is 0 Å². The second kappa shape index (κ2) is 7.46. The molecule has 1 aliphatic rings. The number of hydrogen-bond acceptors (Lipinski definition) is 3. The highest BCUT2D eigenvalue weighted by Crippen LogP contribution is 2.13. The van der Waals surface area contributed by atoms with Crippen LogP contribution in [0.25, 0.3) is 6.08 Å². The van der Waals surface area contributed by atoms with Gasteiger partial charge in [-0.05, 0) is 37.1 Å². The molecular weight excluding hydrogens is 274 g/mol. The largest absolute Gasteiger partial charge is 0.289 e. The number of carbonyl (C=O) groups excluding carboxylic acids is 2. The van der Waals surface area contributed by atoms with E-state index in [1.165, 1.54) is 6.08 Å². The fourth-order valence-corrected chi connectivity index (χ4v) is 2.22. The highest BCUT2D eigenvalue weighted by molar-refractivity contribution is 6.52. The van der Waals surface area contributed by atoms with Gasteiger partial charge in [-0.3, -0.25) is 14.6 Å². The number of ketones is 2. The summed E-state index contributed by atoms with van der Waals surface area (Å²) in [6.07, 6.45) is 8.83. The molecule has 1 aliphatic carbocycles. The summed E-state index contributed by atoms with van der Waals surface area (Å²) in [5, 5.41) is 0. The van der Waals surface area contributed by atoms with E-state index in [1.807, 2.05) is 44.2 Å². The van der Waals surface area contributed by atoms with Crippen LogP contribution in [-0.2, 0) is 9.59 Å². The Morgan fingerprint density at radius 3 is 2.82 bits per heavy atom. The van der Waals surface area contributed by atoms with Gasteiger partial charge in [-0.25, -0.2) is 0 Å². The fraction of sp³-hybridized carbons (Fsp3) is 0.211. The van der Waals surface area contributed by atoms with E-state index in [2.05, 4.69) is 4.99 Å². The number of allylic oxidation sites excluding steroid dienone is 5. The minimum absolute atomic E-state index is 0.172. The van der Waals surface area contributed by atoms with Gasteiger partial charge >= 0.3 is 0 Å². The van der Waals surface area contributed by atoms with Crippen LogP contribution in [0.3, 0.4) is 0 Å². The van der Waals surface area contributed by atoms with Gasteiger partial charge in [0, 0.05) is 13.0 Å². The zero-order valence-corrected chi connectivity index (χ0v) is 12.9. The molecule has 0 radical (unpaired) electrons. The van der Waals surface area contributed by atoms with E-state index in [4.69, 9.17) is 0 Å². The molecule has 1 aromatic rings. The third kappa shape index (κ3) is 3.76. The average Bonchev–Trinajstić information content (AvgIpc) is 2.69. The zero-order valence-electron chi connectivity index (χ0n) is 12.9. The molecule has 3 nitrogen and oxygen atoms in total. The van der Waals surface area contributed by atoms with Crippen LogP contribution in [0.5, 0.6) is 0 Å². The Balaban J connectivity index is 2.23. The molecule has 2 rings (SSSR count). The van der Waals surface area contributed by atoms with Crippen molar-refractivity contribution in [2.75, 3.05) is 6.54 Å². The summed E-state index contributed by atoms with van der Waals surface area (Å²) in [7, 11) is 0. The third-order valence-electron chi connectivity index (χ3n) is 3.43. The Hall–Kier alpha value is -2.55. The van der Waals surface area contributed by atoms with Gasteiger partial charge in [-0.15, -0.1) is 0 Å². The molecule has 0 spiro atoms. The van der Waals surface area contributed by atoms with Crippen LogP contribution in [0.15, 0.2) is 59.1 Å². The molecule has 0 aromatic heterocycles. The number of Topliss-reactive ketones (excluding diaryl/α,β-unsaturated/α-hetero) is 1. The summed E-state index contributed by atoms with van der Waals surface area (Å²) in [6.45, 7) is 4.39. The molecule has 3 heteroatoms. The lowest BCUT2D eigenvalue weighted by Crippen LogP contribution is -2.20. The van der Waals surface area contributed by atoms with Crippen LogP contribution >= 0.6 is 0 Å². The van der Waals surface area contributed by atoms with Gasteiger partial charge in [0.1, 0.15) is 0 Å². The molecule has 22 heavy (non-hydrogen) atoms. The van der Waals surface area contributed by atoms with Crippen LogP contribution in [0.2, 0.25) is 0 Å². The topological polar surface area (TPSA) is 46.5 Å². The van der Waals surface area contributed by atoms with E-state index in [0.717, 1.165) is 11.1 Å². The van der Waals surface area contributed by atoms with E-state index >= 15 is 0 Å². The van der Waals surface area contributed by atoms with Crippen molar-refractivity contribution >= 4 is 23.4 Å². The Bertz CT molecular complexity index is 706. The SMILES string of the molecule is CCN=C1CC=CC=C(C(=O)/C=C/c2ccccc2C)C1=O. The summed E-state index contributed by atoms with van der Waals surface area (Å²) in [5.74, 6) is -0.560. The van der Waals surface area contributed by atoms with Crippen molar-refractivity contribution in [2.24, 2.45) is 4.99 Å². The number of nitrogens with zero attached hydrogens (tertiary/aromatic N) is 1. The molecular formula is C19H19NO2. The van der Waals surface area contributed by atoms with Crippen LogP contribution in [0, 0.1) is 6.92 Å². The molecule has 0 bridgehead atoms. The highest BCUT2D eigenvalue weighted by Gasteiger charge is 2.21. The number of aliphatic imine (C=N–C) groups is 1. The summed E-state index contributed by atoms with van der Waals surface area (Å²) >= 11 is 0. The fourth-order valence-electron chi connectivity index (χ4n) is 2.22. The molecule has 0 heterocycles. The number of aryl methyl sites for hydroxylation is 1. The van der Waals surface area contributed by atoms with Crippen molar-refractivity contribution < 1.29 is 9.59 Å². The predicted octanol–water partition coefficient (Wildman–Crippen LogP) is 3.49. The van der Waals surface area contributed by atoms with Crippen molar-refractivity contribution in [3.8, 4) is 0 Å². The molecule has 0 fully saturated rings. The predicted molar refractivity (Wildman–Crippen MR) is 90.0 cm³/mol. The van der Waals surface area contributed by atoms with Gasteiger partial charge in [0.15, 0.2) is 5.78 Å². The quantitative estimate of drug-likeness (QED) is 0.630. The molecule has 0 unspecified atom stereocenters. The average molecular weight is 293 g/mol. The third-order valence-corrected chi connectivity index (χ3v) is 3.43. The van der Waals surface area contributed by atoms with Crippen molar-refractivity contribution in [3.05, 3.63) is 65.3 Å². The summed E-state index contributed by atoms with van der Waals surface area (Å²) in [4.78, 5) is 28.9. The first kappa shape index (κ1) is 15.8. The van der Waals surface area contributed by atoms with E-state index in [9.17, 15) is 9.59 Å². The first-order chi connectivity index (χ1) is 10.6. The maximum atomic E-state index is 12.4. The molecule has 0 N–H and O–H groups in total. The monoisotopic (exact) mass is 293 g/mol. The molecule has 0 aliphatic heterocycles. The molecule has 112 valence electrons. The molecule has 0 atom stereocenters. The maximum absolute atomic E-state index is 12.4.